The van der Waals surface area contributed by atoms with Gasteiger partial charge in [-0.25, -0.2) is 4.79 Å². The molecule has 1 rings (SSSR count). The van der Waals surface area contributed by atoms with Crippen molar-refractivity contribution in [2.45, 2.75) is 271 Å². The van der Waals surface area contributed by atoms with Crippen LogP contribution in [0.2, 0.25) is 0 Å². The Labute approximate surface area is 448 Å². The lowest BCUT2D eigenvalue weighted by Crippen LogP contribution is -2.31. The average molecular weight is 1040 g/mol. The van der Waals surface area contributed by atoms with Crippen LogP contribution in [-0.2, 0) is 33.3 Å². The van der Waals surface area contributed by atoms with Crippen LogP contribution in [0.1, 0.15) is 258 Å². The number of nitro benzene ring substituents is 1. The maximum atomic E-state index is 13.2. The predicted octanol–water partition coefficient (Wildman–Crippen LogP) is 18.2. The number of esters is 3. The molecule has 0 aliphatic heterocycles. The zero-order chi connectivity index (χ0) is 53.8. The molecule has 0 saturated carbocycles. The first kappa shape index (κ1) is 67.3. The van der Waals surface area contributed by atoms with E-state index in [1.165, 1.54) is 101 Å². The third-order valence-electron chi connectivity index (χ3n) is 12.9. The first-order valence-corrected chi connectivity index (χ1v) is 29.4. The van der Waals surface area contributed by atoms with Crippen LogP contribution in [0.5, 0.6) is 5.75 Å². The highest BCUT2D eigenvalue weighted by atomic mass is 16.7. The molecule has 74 heavy (non-hydrogen) atoms. The molecule has 12 heteroatoms. The number of carbonyl (C=O) groups excluding carboxylic acids is 4. The van der Waals surface area contributed by atoms with Crippen molar-refractivity contribution in [3.8, 4) is 5.75 Å². The number of allylic oxidation sites excluding steroid dienone is 8. The van der Waals surface area contributed by atoms with E-state index in [1.807, 2.05) is 0 Å². The zero-order valence-corrected chi connectivity index (χ0v) is 46.6. The number of rotatable bonds is 50. The van der Waals surface area contributed by atoms with Crippen molar-refractivity contribution < 1.29 is 47.8 Å². The minimum Gasteiger partial charge on any atom is -0.462 e. The summed E-state index contributed by atoms with van der Waals surface area (Å²) in [5, 5.41) is 11.1. The van der Waals surface area contributed by atoms with E-state index >= 15 is 0 Å². The van der Waals surface area contributed by atoms with E-state index in [-0.39, 0.29) is 56.3 Å². The van der Waals surface area contributed by atoms with Gasteiger partial charge in [0.1, 0.15) is 25.1 Å². The van der Waals surface area contributed by atoms with E-state index in [9.17, 15) is 29.3 Å². The molecule has 0 amide bonds. The molecule has 420 valence electrons. The molecule has 0 N–H and O–H groups in total. The van der Waals surface area contributed by atoms with Crippen LogP contribution in [0.3, 0.4) is 0 Å². The van der Waals surface area contributed by atoms with E-state index < -0.39 is 35.2 Å². The number of hydrogen-bond acceptors (Lipinski definition) is 11. The Morgan fingerprint density at radius 3 is 1.31 bits per heavy atom. The molecule has 0 fully saturated rings. The molecule has 0 aliphatic rings. The van der Waals surface area contributed by atoms with Gasteiger partial charge in [-0.2, -0.15) is 0 Å². The van der Waals surface area contributed by atoms with Gasteiger partial charge in [0.05, 0.1) is 4.92 Å². The third kappa shape index (κ3) is 43.6. The first-order chi connectivity index (χ1) is 36.2. The molecular formula is C62H101NO11. The molecule has 0 saturated heterocycles. The summed E-state index contributed by atoms with van der Waals surface area (Å²) >= 11 is 0. The Morgan fingerprint density at radius 1 is 0.446 bits per heavy atom. The topological polar surface area (TPSA) is 158 Å². The standard InChI is InChI=1S/C62H101NO11/c1-4-7-10-13-16-19-22-24-26-28-30-33-36-39-42-45-59(64)70-53-58(72-61(66)46-43-40-37-34-31-29-27-25-23-20-17-14-11-8-5-2)54-71-60(65)52-51-56(44-41-38-35-32-21-18-15-12-9-6-3)73-62(67)74-57-49-47-55(48-50-57)63(68)69/h16-17,19-20,24-27,47-50,56,58H,4-15,18,21-23,28-46,51-54H2,1-3H3/b19-16-,20-17-,26-24-,27-25-. The lowest BCUT2D eigenvalue weighted by molar-refractivity contribution is -0.384. The van der Waals surface area contributed by atoms with Crippen LogP contribution in [0.25, 0.3) is 0 Å². The van der Waals surface area contributed by atoms with Crippen molar-refractivity contribution >= 4 is 29.8 Å². The Balaban J connectivity index is 2.70. The summed E-state index contributed by atoms with van der Waals surface area (Å²) in [5.74, 6) is -1.29. The van der Waals surface area contributed by atoms with Crippen LogP contribution in [0.4, 0.5) is 10.5 Å². The molecule has 1 aromatic carbocycles. The van der Waals surface area contributed by atoms with E-state index in [0.717, 1.165) is 116 Å². The van der Waals surface area contributed by atoms with Crippen molar-refractivity contribution in [1.82, 2.24) is 0 Å². The highest BCUT2D eigenvalue weighted by Crippen LogP contribution is 2.21. The van der Waals surface area contributed by atoms with Crippen molar-refractivity contribution in [2.24, 2.45) is 0 Å². The van der Waals surface area contributed by atoms with E-state index in [1.54, 1.807) is 0 Å². The van der Waals surface area contributed by atoms with Gasteiger partial charge in [0.25, 0.3) is 5.69 Å². The maximum absolute atomic E-state index is 13.2. The second kappa shape index (κ2) is 50.4. The molecule has 0 radical (unpaired) electrons. The maximum Gasteiger partial charge on any atom is 0.514 e. The van der Waals surface area contributed by atoms with Crippen molar-refractivity contribution in [1.29, 1.82) is 0 Å². The SMILES string of the molecule is CCCCC/C=C\C/C=C\CCCCCCCC(=O)OCC(COC(=O)CCC(CCCCCCCCCCCC)OC(=O)Oc1ccc([N+](=O)[O-])cc1)OC(=O)CCCCCCC/C=C\C/C=C\CCCCC. The summed E-state index contributed by atoms with van der Waals surface area (Å²) in [6.07, 6.45) is 51.5. The molecule has 0 bridgehead atoms. The highest BCUT2D eigenvalue weighted by Gasteiger charge is 2.22. The Bertz CT molecular complexity index is 1670. The van der Waals surface area contributed by atoms with Crippen LogP contribution in [-0.4, -0.2) is 54.4 Å². The summed E-state index contributed by atoms with van der Waals surface area (Å²) in [5.41, 5.74) is -0.136. The predicted molar refractivity (Wildman–Crippen MR) is 300 cm³/mol. The van der Waals surface area contributed by atoms with Gasteiger partial charge < -0.3 is 23.7 Å². The second-order valence-electron chi connectivity index (χ2n) is 19.8. The number of carbonyl (C=O) groups is 4. The Hall–Kier alpha value is -4.74. The minimum atomic E-state index is -0.970. The molecule has 2 atom stereocenters. The quantitative estimate of drug-likeness (QED) is 0.0116. The van der Waals surface area contributed by atoms with Gasteiger partial charge in [0.15, 0.2) is 6.10 Å². The highest BCUT2D eigenvalue weighted by molar-refractivity contribution is 5.71. The van der Waals surface area contributed by atoms with Gasteiger partial charge in [0.2, 0.25) is 0 Å². The molecule has 0 heterocycles. The Kier molecular flexibility index (Phi) is 45.8. The normalized spacial score (nSPS) is 12.5. The second-order valence-corrected chi connectivity index (χ2v) is 19.8. The van der Waals surface area contributed by atoms with E-state index in [2.05, 4.69) is 69.4 Å². The number of hydrogen-bond donors (Lipinski definition) is 0. The minimum absolute atomic E-state index is 0.0769. The van der Waals surface area contributed by atoms with Gasteiger partial charge in [-0.1, -0.05) is 191 Å². The van der Waals surface area contributed by atoms with Crippen molar-refractivity contribution in [3.63, 3.8) is 0 Å². The van der Waals surface area contributed by atoms with Gasteiger partial charge in [0, 0.05) is 31.4 Å². The fourth-order valence-corrected chi connectivity index (χ4v) is 8.33. The summed E-state index contributed by atoms with van der Waals surface area (Å²) in [6, 6.07) is 5.12. The number of ether oxygens (including phenoxy) is 5. The molecule has 12 nitrogen and oxygen atoms in total. The van der Waals surface area contributed by atoms with Crippen molar-refractivity contribution in [2.75, 3.05) is 13.2 Å². The molecule has 2 unspecified atom stereocenters. The largest absolute Gasteiger partial charge is 0.514 e. The fraction of sp³-hybridized carbons (Fsp3) is 0.710. The van der Waals surface area contributed by atoms with Crippen LogP contribution >= 0.6 is 0 Å². The summed E-state index contributed by atoms with van der Waals surface area (Å²) in [4.78, 5) is 62.4. The number of unbranched alkanes of at least 4 members (excludes halogenated alkanes) is 25. The Morgan fingerprint density at radius 2 is 0.838 bits per heavy atom. The van der Waals surface area contributed by atoms with Gasteiger partial charge in [-0.05, 0) is 108 Å². The molecule has 0 aliphatic carbocycles. The van der Waals surface area contributed by atoms with Crippen molar-refractivity contribution in [3.05, 3.63) is 83.0 Å². The molecule has 0 aromatic heterocycles. The lowest BCUT2D eigenvalue weighted by atomic mass is 10.0. The average Bonchev–Trinajstić information content (AvgIpc) is 3.39. The van der Waals surface area contributed by atoms with Gasteiger partial charge in [-0.15, -0.1) is 0 Å². The van der Waals surface area contributed by atoms with E-state index in [0.29, 0.717) is 19.3 Å². The smallest absolute Gasteiger partial charge is 0.462 e. The number of nitrogens with zero attached hydrogens (tertiary/aromatic N) is 1. The van der Waals surface area contributed by atoms with Crippen LogP contribution < -0.4 is 4.74 Å². The third-order valence-corrected chi connectivity index (χ3v) is 12.9. The van der Waals surface area contributed by atoms with E-state index in [4.69, 9.17) is 23.7 Å². The fourth-order valence-electron chi connectivity index (χ4n) is 8.33. The zero-order valence-electron chi connectivity index (χ0n) is 46.6. The summed E-state index contributed by atoms with van der Waals surface area (Å²) < 4.78 is 27.9. The molecular weight excluding hydrogens is 935 g/mol. The van der Waals surface area contributed by atoms with Crippen LogP contribution in [0.15, 0.2) is 72.9 Å². The monoisotopic (exact) mass is 1040 g/mol. The number of nitro groups is 1. The molecule has 0 spiro atoms. The lowest BCUT2D eigenvalue weighted by Gasteiger charge is -2.19. The first-order valence-electron chi connectivity index (χ1n) is 29.4. The summed E-state index contributed by atoms with van der Waals surface area (Å²) in [6.45, 7) is 6.15. The van der Waals surface area contributed by atoms with Crippen LogP contribution in [0, 0.1) is 10.1 Å². The van der Waals surface area contributed by atoms with Gasteiger partial charge in [-0.3, -0.25) is 24.5 Å². The number of benzene rings is 1. The number of non-ortho nitro benzene ring substituents is 1. The van der Waals surface area contributed by atoms with Gasteiger partial charge >= 0.3 is 24.1 Å². The molecule has 1 aromatic rings. The summed E-state index contributed by atoms with van der Waals surface area (Å²) in [7, 11) is 0.